The van der Waals surface area contributed by atoms with Crippen LogP contribution in [0.2, 0.25) is 0 Å². The molecule has 10 aromatic rings. The van der Waals surface area contributed by atoms with Crippen LogP contribution in [-0.2, 0) is 0 Å². The van der Waals surface area contributed by atoms with Gasteiger partial charge in [-0.2, -0.15) is 0 Å². The highest BCUT2D eigenvalue weighted by atomic mass is 32.1. The first-order valence-electron chi connectivity index (χ1n) is 16.6. The van der Waals surface area contributed by atoms with Crippen LogP contribution in [0.5, 0.6) is 0 Å². The summed E-state index contributed by atoms with van der Waals surface area (Å²) in [4.78, 5) is 2.41. The van der Waals surface area contributed by atoms with Gasteiger partial charge in [0.1, 0.15) is 0 Å². The second-order valence-corrected chi connectivity index (χ2v) is 14.7. The van der Waals surface area contributed by atoms with Gasteiger partial charge in [-0.25, -0.2) is 0 Å². The summed E-state index contributed by atoms with van der Waals surface area (Å²) in [6, 6.07) is 64.5. The molecule has 0 fully saturated rings. The fourth-order valence-electron chi connectivity index (χ4n) is 7.19. The van der Waals surface area contributed by atoms with Crippen LogP contribution in [0.25, 0.3) is 73.4 Å². The molecule has 0 N–H and O–H groups in total. The van der Waals surface area contributed by atoms with E-state index in [1.165, 1.54) is 73.4 Å². The molecule has 1 nitrogen and oxygen atoms in total. The molecule has 0 aliphatic carbocycles. The van der Waals surface area contributed by atoms with Crippen molar-refractivity contribution in [3.8, 4) is 22.3 Å². The maximum absolute atomic E-state index is 2.41. The van der Waals surface area contributed by atoms with E-state index in [1.54, 1.807) is 0 Å². The van der Waals surface area contributed by atoms with Gasteiger partial charge in [0.25, 0.3) is 0 Å². The van der Waals surface area contributed by atoms with Gasteiger partial charge < -0.3 is 4.90 Å². The van der Waals surface area contributed by atoms with Crippen molar-refractivity contribution in [2.75, 3.05) is 4.90 Å². The highest BCUT2D eigenvalue weighted by Crippen LogP contribution is 2.43. The molecule has 230 valence electrons. The van der Waals surface area contributed by atoms with E-state index in [0.717, 1.165) is 17.1 Å². The van der Waals surface area contributed by atoms with Gasteiger partial charge >= 0.3 is 0 Å². The lowest BCUT2D eigenvalue weighted by molar-refractivity contribution is 1.30. The molecule has 0 radical (unpaired) electrons. The number of thiophene rings is 2. The van der Waals surface area contributed by atoms with Gasteiger partial charge in [0.05, 0.1) is 0 Å². The minimum absolute atomic E-state index is 1.14. The Hall–Kier alpha value is -5.74. The zero-order valence-corrected chi connectivity index (χ0v) is 28.1. The first kappa shape index (κ1) is 28.3. The van der Waals surface area contributed by atoms with Crippen molar-refractivity contribution in [3.05, 3.63) is 176 Å². The third-order valence-electron chi connectivity index (χ3n) is 9.65. The van der Waals surface area contributed by atoms with Gasteiger partial charge in [-0.1, -0.05) is 115 Å². The lowest BCUT2D eigenvalue weighted by atomic mass is 9.97. The Morgan fingerprint density at radius 2 is 0.714 bits per heavy atom. The number of hydrogen-bond donors (Lipinski definition) is 0. The van der Waals surface area contributed by atoms with Gasteiger partial charge in [-0.3, -0.25) is 0 Å². The molecule has 3 heteroatoms. The number of benzene rings is 8. The fraction of sp³-hybridized carbons (Fsp3) is 0. The van der Waals surface area contributed by atoms with Crippen molar-refractivity contribution in [3.63, 3.8) is 0 Å². The highest BCUT2D eigenvalue weighted by molar-refractivity contribution is 7.26. The van der Waals surface area contributed by atoms with E-state index in [1.807, 2.05) is 22.7 Å². The summed E-state index contributed by atoms with van der Waals surface area (Å²) in [6.45, 7) is 0. The Morgan fingerprint density at radius 1 is 0.286 bits per heavy atom. The molecule has 10 rings (SSSR count). The minimum Gasteiger partial charge on any atom is -0.310 e. The van der Waals surface area contributed by atoms with Crippen molar-refractivity contribution in [1.82, 2.24) is 0 Å². The molecule has 0 atom stereocenters. The predicted octanol–water partition coefficient (Wildman–Crippen LogP) is 14.4. The molecule has 8 aromatic carbocycles. The number of nitrogens with zero attached hydrogens (tertiary/aromatic N) is 1. The lowest BCUT2D eigenvalue weighted by Gasteiger charge is -2.26. The van der Waals surface area contributed by atoms with Crippen molar-refractivity contribution in [1.29, 1.82) is 0 Å². The molecule has 0 bridgehead atoms. The van der Waals surface area contributed by atoms with E-state index in [-0.39, 0.29) is 0 Å². The quantitative estimate of drug-likeness (QED) is 0.178. The first-order chi connectivity index (χ1) is 24.2. The van der Waals surface area contributed by atoms with E-state index in [4.69, 9.17) is 0 Å². The lowest BCUT2D eigenvalue weighted by Crippen LogP contribution is -2.09. The van der Waals surface area contributed by atoms with E-state index >= 15 is 0 Å². The second-order valence-electron chi connectivity index (χ2n) is 12.6. The topological polar surface area (TPSA) is 3.24 Å². The molecule has 2 aromatic heterocycles. The average molecular weight is 660 g/mol. The SMILES string of the molecule is c1ccc(-c2ccc3cc(-c4ccc(N(c5ccc6c(c5)sc5ccccc56)c5ccc6c(c5)sc5ccccc56)cc4)ccc3c2)cc1. The predicted molar refractivity (Wildman–Crippen MR) is 215 cm³/mol. The largest absolute Gasteiger partial charge is 0.310 e. The zero-order valence-electron chi connectivity index (χ0n) is 26.5. The highest BCUT2D eigenvalue weighted by Gasteiger charge is 2.17. The Labute approximate surface area is 292 Å². The number of hydrogen-bond acceptors (Lipinski definition) is 3. The fourth-order valence-corrected chi connectivity index (χ4v) is 9.47. The molecule has 0 amide bonds. The Balaban J connectivity index is 1.06. The third kappa shape index (κ3) is 4.90. The van der Waals surface area contributed by atoms with Gasteiger partial charge in [-0.05, 0) is 93.7 Å². The molecule has 0 aliphatic heterocycles. The van der Waals surface area contributed by atoms with Crippen molar-refractivity contribution >= 4 is 90.9 Å². The monoisotopic (exact) mass is 659 g/mol. The van der Waals surface area contributed by atoms with Crippen molar-refractivity contribution in [2.24, 2.45) is 0 Å². The van der Waals surface area contributed by atoms with Crippen LogP contribution in [0.3, 0.4) is 0 Å². The summed E-state index contributed by atoms with van der Waals surface area (Å²) < 4.78 is 5.25. The third-order valence-corrected chi connectivity index (χ3v) is 11.9. The Bertz CT molecular complexity index is 2710. The first-order valence-corrected chi connectivity index (χ1v) is 18.2. The van der Waals surface area contributed by atoms with Crippen LogP contribution in [0.1, 0.15) is 0 Å². The molecule has 2 heterocycles. The normalized spacial score (nSPS) is 11.7. The Kier molecular flexibility index (Phi) is 6.61. The zero-order chi connectivity index (χ0) is 32.3. The van der Waals surface area contributed by atoms with Crippen LogP contribution < -0.4 is 4.90 Å². The molecule has 0 unspecified atom stereocenters. The molecular weight excluding hydrogens is 631 g/mol. The standard InChI is InChI=1S/C46H29NS2/c1-2-8-30(9-3-1)32-14-16-35-27-33(15-17-34(35)26-32)31-18-20-36(21-19-31)47(37-22-24-41-39-10-4-6-12-43(39)48-45(41)28-37)38-23-25-42-40-11-5-7-13-44(40)49-46(42)29-38/h1-29H. The maximum Gasteiger partial charge on any atom is 0.0476 e. The summed E-state index contributed by atoms with van der Waals surface area (Å²) >= 11 is 3.73. The van der Waals surface area contributed by atoms with Gasteiger partial charge in [0, 0.05) is 57.4 Å². The van der Waals surface area contributed by atoms with E-state index in [0.29, 0.717) is 0 Å². The molecule has 0 saturated heterocycles. The van der Waals surface area contributed by atoms with Crippen LogP contribution in [0.15, 0.2) is 176 Å². The second kappa shape index (κ2) is 11.5. The summed E-state index contributed by atoms with van der Waals surface area (Å²) in [5.41, 5.74) is 8.37. The van der Waals surface area contributed by atoms with Crippen molar-refractivity contribution < 1.29 is 0 Å². The molecule has 0 aliphatic rings. The molecule has 49 heavy (non-hydrogen) atoms. The van der Waals surface area contributed by atoms with Gasteiger partial charge in [0.15, 0.2) is 0 Å². The minimum atomic E-state index is 1.14. The molecular formula is C46H29NS2. The van der Waals surface area contributed by atoms with Gasteiger partial charge in [-0.15, -0.1) is 22.7 Å². The Morgan fingerprint density at radius 3 is 1.27 bits per heavy atom. The van der Waals surface area contributed by atoms with Crippen LogP contribution in [-0.4, -0.2) is 0 Å². The maximum atomic E-state index is 2.41. The average Bonchev–Trinajstić information content (AvgIpc) is 3.73. The van der Waals surface area contributed by atoms with E-state index < -0.39 is 0 Å². The van der Waals surface area contributed by atoms with Crippen molar-refractivity contribution in [2.45, 2.75) is 0 Å². The molecule has 0 saturated carbocycles. The summed E-state index contributed by atoms with van der Waals surface area (Å²) in [5, 5.41) is 7.77. The number of rotatable bonds is 5. The number of anilines is 3. The van der Waals surface area contributed by atoms with Crippen LogP contribution in [0, 0.1) is 0 Å². The van der Waals surface area contributed by atoms with Gasteiger partial charge in [0.2, 0.25) is 0 Å². The number of fused-ring (bicyclic) bond motifs is 7. The van der Waals surface area contributed by atoms with Crippen LogP contribution in [0.4, 0.5) is 17.1 Å². The summed E-state index contributed by atoms with van der Waals surface area (Å²) in [7, 11) is 0. The van der Waals surface area contributed by atoms with E-state index in [2.05, 4.69) is 181 Å². The van der Waals surface area contributed by atoms with Crippen LogP contribution >= 0.6 is 22.7 Å². The summed E-state index contributed by atoms with van der Waals surface area (Å²) in [5.74, 6) is 0. The molecule has 0 spiro atoms. The van der Waals surface area contributed by atoms with E-state index in [9.17, 15) is 0 Å². The summed E-state index contributed by atoms with van der Waals surface area (Å²) in [6.07, 6.45) is 0. The smallest absolute Gasteiger partial charge is 0.0476 e.